The molecular formula is C13H28ClNO. The van der Waals surface area contributed by atoms with Gasteiger partial charge in [-0.1, -0.05) is 27.2 Å². The van der Waals surface area contributed by atoms with E-state index < -0.39 is 0 Å². The van der Waals surface area contributed by atoms with Gasteiger partial charge in [0.15, 0.2) is 0 Å². The van der Waals surface area contributed by atoms with Crippen LogP contribution in [-0.4, -0.2) is 32.2 Å². The van der Waals surface area contributed by atoms with E-state index in [1.165, 1.54) is 6.42 Å². The standard InChI is InChI=1S/C13H28ClNO/c1-4-13(5-7-14)11-15-8-10-16-9-6-12(2)3/h12-13,15H,4-11H2,1-3H3. The summed E-state index contributed by atoms with van der Waals surface area (Å²) >= 11 is 5.73. The van der Waals surface area contributed by atoms with Gasteiger partial charge < -0.3 is 10.1 Å². The summed E-state index contributed by atoms with van der Waals surface area (Å²) in [6.45, 7) is 10.4. The molecular weight excluding hydrogens is 222 g/mol. The number of alkyl halides is 1. The average molecular weight is 250 g/mol. The number of ether oxygens (including phenoxy) is 1. The van der Waals surface area contributed by atoms with Crippen LogP contribution in [0.5, 0.6) is 0 Å². The predicted octanol–water partition coefficient (Wildman–Crippen LogP) is 3.29. The lowest BCUT2D eigenvalue weighted by Gasteiger charge is -2.14. The summed E-state index contributed by atoms with van der Waals surface area (Å²) < 4.78 is 5.53. The summed E-state index contributed by atoms with van der Waals surface area (Å²) in [5.74, 6) is 2.22. The zero-order valence-electron chi connectivity index (χ0n) is 11.1. The van der Waals surface area contributed by atoms with Gasteiger partial charge in [0, 0.05) is 19.0 Å². The SMILES string of the molecule is CCC(CCCl)CNCCOCCC(C)C. The first-order valence-corrected chi connectivity index (χ1v) is 7.08. The van der Waals surface area contributed by atoms with Crippen LogP contribution in [0.2, 0.25) is 0 Å². The van der Waals surface area contributed by atoms with Crippen LogP contribution >= 0.6 is 11.6 Å². The van der Waals surface area contributed by atoms with Crippen LogP contribution in [0.1, 0.15) is 40.0 Å². The van der Waals surface area contributed by atoms with Crippen molar-refractivity contribution in [2.45, 2.75) is 40.0 Å². The Kier molecular flexibility index (Phi) is 11.8. The maximum absolute atomic E-state index is 5.73. The molecule has 0 aliphatic heterocycles. The Balaban J connectivity index is 3.19. The normalized spacial score (nSPS) is 13.3. The number of halogens is 1. The molecule has 0 heterocycles. The Morgan fingerprint density at radius 3 is 2.50 bits per heavy atom. The van der Waals surface area contributed by atoms with Crippen LogP contribution in [0.15, 0.2) is 0 Å². The third-order valence-electron chi connectivity index (χ3n) is 2.79. The molecule has 0 fully saturated rings. The summed E-state index contributed by atoms with van der Waals surface area (Å²) in [5.41, 5.74) is 0. The minimum absolute atomic E-state index is 0.716. The second-order valence-electron chi connectivity index (χ2n) is 4.75. The Morgan fingerprint density at radius 2 is 1.94 bits per heavy atom. The minimum Gasteiger partial charge on any atom is -0.380 e. The summed E-state index contributed by atoms with van der Waals surface area (Å²) in [5, 5.41) is 3.43. The molecule has 2 nitrogen and oxygen atoms in total. The molecule has 0 aliphatic rings. The lowest BCUT2D eigenvalue weighted by atomic mass is 10.0. The van der Waals surface area contributed by atoms with Gasteiger partial charge in [-0.15, -0.1) is 11.6 Å². The molecule has 1 N–H and O–H groups in total. The Bertz CT molecular complexity index is 142. The number of rotatable bonds is 11. The first-order valence-electron chi connectivity index (χ1n) is 6.55. The maximum Gasteiger partial charge on any atom is 0.0590 e. The van der Waals surface area contributed by atoms with E-state index in [0.717, 1.165) is 50.9 Å². The van der Waals surface area contributed by atoms with E-state index in [0.29, 0.717) is 5.92 Å². The summed E-state index contributed by atoms with van der Waals surface area (Å²) in [7, 11) is 0. The van der Waals surface area contributed by atoms with Crippen molar-refractivity contribution in [3.63, 3.8) is 0 Å². The highest BCUT2D eigenvalue weighted by molar-refractivity contribution is 6.17. The van der Waals surface area contributed by atoms with Gasteiger partial charge in [0.1, 0.15) is 0 Å². The molecule has 0 saturated heterocycles. The predicted molar refractivity (Wildman–Crippen MR) is 72.3 cm³/mol. The highest BCUT2D eigenvalue weighted by atomic mass is 35.5. The monoisotopic (exact) mass is 249 g/mol. The second-order valence-corrected chi connectivity index (χ2v) is 5.13. The van der Waals surface area contributed by atoms with Crippen molar-refractivity contribution in [1.29, 1.82) is 0 Å². The summed E-state index contributed by atoms with van der Waals surface area (Å²) in [4.78, 5) is 0. The van der Waals surface area contributed by atoms with Crippen LogP contribution in [0, 0.1) is 11.8 Å². The van der Waals surface area contributed by atoms with E-state index in [2.05, 4.69) is 26.1 Å². The fraction of sp³-hybridized carbons (Fsp3) is 1.00. The van der Waals surface area contributed by atoms with E-state index in [4.69, 9.17) is 16.3 Å². The topological polar surface area (TPSA) is 21.3 Å². The number of hydrogen-bond donors (Lipinski definition) is 1. The summed E-state index contributed by atoms with van der Waals surface area (Å²) in [6.07, 6.45) is 3.47. The average Bonchev–Trinajstić information content (AvgIpc) is 2.26. The molecule has 0 rings (SSSR count). The maximum atomic E-state index is 5.73. The van der Waals surface area contributed by atoms with Gasteiger partial charge in [-0.3, -0.25) is 0 Å². The van der Waals surface area contributed by atoms with Gasteiger partial charge in [-0.2, -0.15) is 0 Å². The molecule has 0 amide bonds. The van der Waals surface area contributed by atoms with Gasteiger partial charge in [0.05, 0.1) is 6.61 Å². The quantitative estimate of drug-likeness (QED) is 0.448. The molecule has 0 radical (unpaired) electrons. The van der Waals surface area contributed by atoms with Crippen molar-refractivity contribution in [1.82, 2.24) is 5.32 Å². The van der Waals surface area contributed by atoms with Crippen LogP contribution in [0.25, 0.3) is 0 Å². The molecule has 0 spiro atoms. The lowest BCUT2D eigenvalue weighted by molar-refractivity contribution is 0.124. The van der Waals surface area contributed by atoms with E-state index in [9.17, 15) is 0 Å². The molecule has 0 aliphatic carbocycles. The second kappa shape index (κ2) is 11.7. The molecule has 3 heteroatoms. The van der Waals surface area contributed by atoms with Crippen LogP contribution in [-0.2, 0) is 4.74 Å². The molecule has 16 heavy (non-hydrogen) atoms. The molecule has 0 saturated carbocycles. The molecule has 1 unspecified atom stereocenters. The Labute approximate surface area is 106 Å². The highest BCUT2D eigenvalue weighted by Crippen LogP contribution is 2.07. The lowest BCUT2D eigenvalue weighted by Crippen LogP contribution is -2.26. The van der Waals surface area contributed by atoms with E-state index >= 15 is 0 Å². The van der Waals surface area contributed by atoms with E-state index in [1.807, 2.05) is 0 Å². The zero-order chi connectivity index (χ0) is 12.2. The molecule has 98 valence electrons. The van der Waals surface area contributed by atoms with Gasteiger partial charge >= 0.3 is 0 Å². The van der Waals surface area contributed by atoms with Crippen molar-refractivity contribution in [2.75, 3.05) is 32.2 Å². The fourth-order valence-corrected chi connectivity index (χ4v) is 1.79. The van der Waals surface area contributed by atoms with Crippen molar-refractivity contribution >= 4 is 11.6 Å². The van der Waals surface area contributed by atoms with E-state index in [-0.39, 0.29) is 0 Å². The van der Waals surface area contributed by atoms with Crippen molar-refractivity contribution in [2.24, 2.45) is 11.8 Å². The number of nitrogens with one attached hydrogen (secondary N) is 1. The first kappa shape index (κ1) is 16.2. The smallest absolute Gasteiger partial charge is 0.0590 e. The third kappa shape index (κ3) is 10.7. The zero-order valence-corrected chi connectivity index (χ0v) is 11.9. The molecule has 0 aromatic rings. The summed E-state index contributed by atoms with van der Waals surface area (Å²) in [6, 6.07) is 0. The van der Waals surface area contributed by atoms with Gasteiger partial charge in [0.25, 0.3) is 0 Å². The number of hydrogen-bond acceptors (Lipinski definition) is 2. The molecule has 0 bridgehead atoms. The van der Waals surface area contributed by atoms with Crippen molar-refractivity contribution in [3.8, 4) is 0 Å². The highest BCUT2D eigenvalue weighted by Gasteiger charge is 2.04. The van der Waals surface area contributed by atoms with Crippen LogP contribution in [0.4, 0.5) is 0 Å². The first-order chi connectivity index (χ1) is 7.70. The Morgan fingerprint density at radius 1 is 1.19 bits per heavy atom. The van der Waals surface area contributed by atoms with Gasteiger partial charge in [-0.05, 0) is 31.2 Å². The molecule has 1 atom stereocenters. The fourth-order valence-electron chi connectivity index (χ4n) is 1.48. The molecule has 0 aromatic carbocycles. The minimum atomic E-state index is 0.716. The molecule has 0 aromatic heterocycles. The largest absolute Gasteiger partial charge is 0.380 e. The van der Waals surface area contributed by atoms with Crippen LogP contribution in [0.3, 0.4) is 0 Å². The van der Waals surface area contributed by atoms with Crippen molar-refractivity contribution in [3.05, 3.63) is 0 Å². The van der Waals surface area contributed by atoms with E-state index in [1.54, 1.807) is 0 Å². The van der Waals surface area contributed by atoms with Gasteiger partial charge in [0.2, 0.25) is 0 Å². The third-order valence-corrected chi connectivity index (χ3v) is 3.01. The van der Waals surface area contributed by atoms with Crippen molar-refractivity contribution < 1.29 is 4.74 Å². The Hall–Kier alpha value is 0.210. The van der Waals surface area contributed by atoms with Gasteiger partial charge in [-0.25, -0.2) is 0 Å². The van der Waals surface area contributed by atoms with Crippen LogP contribution < -0.4 is 5.32 Å².